The summed E-state index contributed by atoms with van der Waals surface area (Å²) >= 11 is 0. The third-order valence-corrected chi connectivity index (χ3v) is 4.47. The largest absolute Gasteiger partial charge is 0.395 e. The van der Waals surface area contributed by atoms with Crippen molar-refractivity contribution < 1.29 is 9.90 Å². The number of carbonyl (C=O) groups excluding carboxylic acids is 1. The number of benzene rings is 1. The highest BCUT2D eigenvalue weighted by Crippen LogP contribution is 2.20. The molecule has 1 N–H and O–H groups in total. The molecule has 2 heterocycles. The van der Waals surface area contributed by atoms with Gasteiger partial charge in [-0.3, -0.25) is 14.7 Å². The number of aryl methyl sites for hydroxylation is 2. The minimum Gasteiger partial charge on any atom is -0.395 e. The van der Waals surface area contributed by atoms with Crippen molar-refractivity contribution in [1.29, 1.82) is 0 Å². The number of hydrogen-bond acceptors (Lipinski definition) is 4. The van der Waals surface area contributed by atoms with Crippen molar-refractivity contribution >= 4 is 16.8 Å². The number of pyridine rings is 1. The van der Waals surface area contributed by atoms with Gasteiger partial charge in [-0.15, -0.1) is 0 Å². The van der Waals surface area contributed by atoms with E-state index in [9.17, 15) is 4.79 Å². The average Bonchev–Trinajstić information content (AvgIpc) is 2.54. The summed E-state index contributed by atoms with van der Waals surface area (Å²) < 4.78 is 0. The highest BCUT2D eigenvalue weighted by atomic mass is 16.3. The van der Waals surface area contributed by atoms with E-state index >= 15 is 0 Å². The van der Waals surface area contributed by atoms with Gasteiger partial charge in [0.25, 0.3) is 5.91 Å². The van der Waals surface area contributed by atoms with Crippen LogP contribution in [0.15, 0.2) is 24.3 Å². The van der Waals surface area contributed by atoms with Crippen molar-refractivity contribution in [3.63, 3.8) is 0 Å². The molecule has 0 aliphatic carbocycles. The maximum Gasteiger partial charge on any atom is 0.255 e. The van der Waals surface area contributed by atoms with E-state index in [1.54, 1.807) is 0 Å². The summed E-state index contributed by atoms with van der Waals surface area (Å²) in [7, 11) is 0. The smallest absolute Gasteiger partial charge is 0.255 e. The van der Waals surface area contributed by atoms with E-state index in [0.29, 0.717) is 25.2 Å². The number of aliphatic hydroxyl groups is 1. The Morgan fingerprint density at radius 1 is 1.17 bits per heavy atom. The lowest BCUT2D eigenvalue weighted by Gasteiger charge is -2.34. The lowest BCUT2D eigenvalue weighted by molar-refractivity contribution is 0.0614. The molecule has 0 spiro atoms. The van der Waals surface area contributed by atoms with E-state index in [2.05, 4.69) is 9.88 Å². The Kier molecular flexibility index (Phi) is 4.59. The van der Waals surface area contributed by atoms with Gasteiger partial charge in [-0.25, -0.2) is 0 Å². The highest BCUT2D eigenvalue weighted by molar-refractivity contribution is 5.98. The van der Waals surface area contributed by atoms with Crippen LogP contribution in [-0.4, -0.2) is 65.1 Å². The number of fused-ring (bicyclic) bond motifs is 1. The van der Waals surface area contributed by atoms with Gasteiger partial charge in [-0.05, 0) is 31.5 Å². The van der Waals surface area contributed by atoms with Gasteiger partial charge in [0.05, 0.1) is 23.4 Å². The molecule has 1 amide bonds. The first-order chi connectivity index (χ1) is 11.1. The number of nitrogens with zero attached hydrogens (tertiary/aromatic N) is 3. The van der Waals surface area contributed by atoms with Crippen LogP contribution in [0.4, 0.5) is 0 Å². The number of aromatic nitrogens is 1. The predicted molar refractivity (Wildman–Crippen MR) is 90.6 cm³/mol. The predicted octanol–water partition coefficient (Wildman–Crippen LogP) is 1.60. The molecule has 0 bridgehead atoms. The second kappa shape index (κ2) is 6.64. The van der Waals surface area contributed by atoms with Gasteiger partial charge in [-0.2, -0.15) is 0 Å². The number of carbonyl (C=O) groups is 1. The number of aliphatic hydroxyl groups excluding tert-OH is 1. The summed E-state index contributed by atoms with van der Waals surface area (Å²) in [6, 6.07) is 8.07. The van der Waals surface area contributed by atoms with Crippen LogP contribution in [0.5, 0.6) is 0 Å². The Morgan fingerprint density at radius 2 is 1.91 bits per heavy atom. The lowest BCUT2D eigenvalue weighted by atomic mass is 10.1. The van der Waals surface area contributed by atoms with E-state index < -0.39 is 0 Å². The fourth-order valence-corrected chi connectivity index (χ4v) is 3.08. The van der Waals surface area contributed by atoms with E-state index in [0.717, 1.165) is 29.7 Å². The molecule has 23 heavy (non-hydrogen) atoms. The zero-order valence-corrected chi connectivity index (χ0v) is 13.7. The van der Waals surface area contributed by atoms with E-state index in [1.807, 2.05) is 43.0 Å². The fourth-order valence-electron chi connectivity index (χ4n) is 3.08. The maximum absolute atomic E-state index is 12.8. The first-order valence-corrected chi connectivity index (χ1v) is 8.09. The molecule has 0 saturated carbocycles. The summed E-state index contributed by atoms with van der Waals surface area (Å²) in [4.78, 5) is 21.5. The normalized spacial score (nSPS) is 16.0. The molecule has 5 nitrogen and oxygen atoms in total. The Balaban J connectivity index is 1.81. The fraction of sp³-hybridized carbons (Fsp3) is 0.444. The van der Waals surface area contributed by atoms with Crippen LogP contribution in [0.1, 0.15) is 21.6 Å². The highest BCUT2D eigenvalue weighted by Gasteiger charge is 2.23. The SMILES string of the molecule is Cc1ccc2cc(C(=O)N3CCN(CCO)CC3)c(C)nc2c1. The van der Waals surface area contributed by atoms with Crippen molar-refractivity contribution in [2.24, 2.45) is 0 Å². The van der Waals surface area contributed by atoms with Crippen LogP contribution in [0.2, 0.25) is 0 Å². The molecule has 0 unspecified atom stereocenters. The molecular formula is C18H23N3O2. The number of amides is 1. The third kappa shape index (κ3) is 3.35. The van der Waals surface area contributed by atoms with Crippen LogP contribution in [0.25, 0.3) is 10.9 Å². The molecule has 122 valence electrons. The average molecular weight is 313 g/mol. The molecular weight excluding hydrogens is 290 g/mol. The molecule has 2 aromatic rings. The van der Waals surface area contributed by atoms with Crippen molar-refractivity contribution in [2.45, 2.75) is 13.8 Å². The maximum atomic E-state index is 12.8. The molecule has 0 atom stereocenters. The van der Waals surface area contributed by atoms with E-state index in [1.165, 1.54) is 5.56 Å². The Hall–Kier alpha value is -1.98. The van der Waals surface area contributed by atoms with Gasteiger partial charge in [0.15, 0.2) is 0 Å². The second-order valence-electron chi connectivity index (χ2n) is 6.17. The molecule has 3 rings (SSSR count). The second-order valence-corrected chi connectivity index (χ2v) is 6.17. The monoisotopic (exact) mass is 313 g/mol. The molecule has 1 aromatic carbocycles. The van der Waals surface area contributed by atoms with Crippen LogP contribution in [0.3, 0.4) is 0 Å². The topological polar surface area (TPSA) is 56.7 Å². The third-order valence-electron chi connectivity index (χ3n) is 4.47. The van der Waals surface area contributed by atoms with E-state index in [4.69, 9.17) is 5.11 Å². The molecule has 0 radical (unpaired) electrons. The number of piperazine rings is 1. The molecule has 1 fully saturated rings. The van der Waals surface area contributed by atoms with Gasteiger partial charge in [-0.1, -0.05) is 12.1 Å². The Bertz CT molecular complexity index is 722. The van der Waals surface area contributed by atoms with Gasteiger partial charge >= 0.3 is 0 Å². The summed E-state index contributed by atoms with van der Waals surface area (Å²) in [6.45, 7) is 7.81. The minimum absolute atomic E-state index is 0.0566. The standard InChI is InChI=1S/C18H23N3O2/c1-13-3-4-15-12-16(14(2)19-17(15)11-13)18(23)21-7-5-20(6-8-21)9-10-22/h3-4,11-12,22H,5-10H2,1-2H3. The molecule has 5 heteroatoms. The summed E-state index contributed by atoms with van der Waals surface area (Å²) in [6.07, 6.45) is 0. The quantitative estimate of drug-likeness (QED) is 0.935. The molecule has 1 aromatic heterocycles. The summed E-state index contributed by atoms with van der Waals surface area (Å²) in [5.41, 5.74) is 3.58. The number of β-amino-alcohol motifs (C(OH)–C–C–N with tert-alkyl or cyclic N) is 1. The summed E-state index contributed by atoms with van der Waals surface area (Å²) in [5.74, 6) is 0.0566. The van der Waals surface area contributed by atoms with Crippen molar-refractivity contribution in [3.8, 4) is 0 Å². The first-order valence-electron chi connectivity index (χ1n) is 8.09. The van der Waals surface area contributed by atoms with Crippen LogP contribution in [0, 0.1) is 13.8 Å². The molecule has 1 saturated heterocycles. The lowest BCUT2D eigenvalue weighted by Crippen LogP contribution is -2.49. The van der Waals surface area contributed by atoms with Gasteiger partial charge in [0.2, 0.25) is 0 Å². The van der Waals surface area contributed by atoms with Gasteiger partial charge < -0.3 is 10.0 Å². The molecule has 1 aliphatic heterocycles. The minimum atomic E-state index is 0.0566. The van der Waals surface area contributed by atoms with Gasteiger partial charge in [0, 0.05) is 38.1 Å². The van der Waals surface area contributed by atoms with Crippen molar-refractivity contribution in [1.82, 2.24) is 14.8 Å². The van der Waals surface area contributed by atoms with Crippen molar-refractivity contribution in [3.05, 3.63) is 41.1 Å². The zero-order chi connectivity index (χ0) is 16.4. The number of hydrogen-bond donors (Lipinski definition) is 1. The van der Waals surface area contributed by atoms with Crippen LogP contribution in [-0.2, 0) is 0 Å². The first kappa shape index (κ1) is 15.9. The van der Waals surface area contributed by atoms with Crippen LogP contribution < -0.4 is 0 Å². The van der Waals surface area contributed by atoms with Crippen molar-refractivity contribution in [2.75, 3.05) is 39.3 Å². The summed E-state index contributed by atoms with van der Waals surface area (Å²) in [5, 5.41) is 10.0. The molecule has 1 aliphatic rings. The Morgan fingerprint density at radius 3 is 2.61 bits per heavy atom. The number of rotatable bonds is 3. The Labute approximate surface area is 136 Å². The van der Waals surface area contributed by atoms with Gasteiger partial charge in [0.1, 0.15) is 0 Å². The van der Waals surface area contributed by atoms with E-state index in [-0.39, 0.29) is 12.5 Å². The van der Waals surface area contributed by atoms with Crippen LogP contribution >= 0.6 is 0 Å². The zero-order valence-electron chi connectivity index (χ0n) is 13.7.